The number of phenols is 1. The number of nitrogens with zero attached hydrogens (tertiary/aromatic N) is 4. The maximum Gasteiger partial charge on any atom is 0.267 e. The zero-order valence-electron chi connectivity index (χ0n) is 17.0. The Morgan fingerprint density at radius 1 is 1.25 bits per heavy atom. The van der Waals surface area contributed by atoms with Crippen LogP contribution in [0.15, 0.2) is 41.0 Å². The van der Waals surface area contributed by atoms with E-state index < -0.39 is 34.6 Å². The number of hydrogen-bond donors (Lipinski definition) is 5. The maximum atomic E-state index is 12.3. The smallest absolute Gasteiger partial charge is 0.267 e. The number of hydrogen-bond acceptors (Lipinski definition) is 10. The van der Waals surface area contributed by atoms with Gasteiger partial charge in [-0.15, -0.1) is 0 Å². The van der Waals surface area contributed by atoms with Gasteiger partial charge in [0.05, 0.1) is 7.05 Å². The van der Waals surface area contributed by atoms with Crippen molar-refractivity contribution in [3.05, 3.63) is 41.6 Å². The van der Waals surface area contributed by atoms with Gasteiger partial charge >= 0.3 is 0 Å². The zero-order valence-corrected chi connectivity index (χ0v) is 17.8. The lowest BCUT2D eigenvalue weighted by Crippen LogP contribution is -2.57. The van der Waals surface area contributed by atoms with Crippen LogP contribution >= 0.6 is 0 Å². The van der Waals surface area contributed by atoms with Gasteiger partial charge in [-0.1, -0.05) is 18.2 Å². The topological polar surface area (TPSA) is 180 Å². The fourth-order valence-corrected chi connectivity index (χ4v) is 4.48. The number of phenolic OH excluding ortho intramolecular Hbond substituents is 1. The quantitative estimate of drug-likeness (QED) is 0.350. The summed E-state index contributed by atoms with van der Waals surface area (Å²) in [7, 11) is -2.24. The summed E-state index contributed by atoms with van der Waals surface area (Å²) < 4.78 is 32.6. The highest BCUT2D eigenvalue weighted by molar-refractivity contribution is 7.92. The number of quaternary nitrogens is 1. The molecule has 1 aromatic carbocycles. The maximum absolute atomic E-state index is 12.3. The number of aliphatic hydroxyl groups excluding tert-OH is 2. The third-order valence-electron chi connectivity index (χ3n) is 5.43. The third kappa shape index (κ3) is 3.97. The number of anilines is 1. The number of nitrogen functional groups attached to an aromatic ring is 1. The zero-order chi connectivity index (χ0) is 23.1. The van der Waals surface area contributed by atoms with Gasteiger partial charge in [-0.3, -0.25) is 0 Å². The Bertz CT molecular complexity index is 1190. The van der Waals surface area contributed by atoms with Gasteiger partial charge in [0.1, 0.15) is 24.3 Å². The molecule has 2 aliphatic heterocycles. The van der Waals surface area contributed by atoms with E-state index in [0.717, 1.165) is 5.41 Å². The molecule has 2 unspecified atom stereocenters. The normalized spacial score (nSPS) is 29.6. The SMILES string of the molecule is C[N+]1([C@@H]2O[C@H](CNS(=O)(=O)/C=C/c3ccccc3O)[C@H](O)C2O)C=Nc2c(N)ncnc21. The van der Waals surface area contributed by atoms with Crippen molar-refractivity contribution in [3.8, 4) is 5.75 Å². The van der Waals surface area contributed by atoms with Gasteiger partial charge in [0.2, 0.25) is 16.3 Å². The number of sulfonamides is 1. The lowest BCUT2D eigenvalue weighted by atomic mass is 10.1. The molecule has 0 spiro atoms. The Balaban J connectivity index is 1.46. The van der Waals surface area contributed by atoms with E-state index in [2.05, 4.69) is 19.7 Å². The van der Waals surface area contributed by atoms with Crippen molar-refractivity contribution in [1.29, 1.82) is 0 Å². The van der Waals surface area contributed by atoms with Crippen LogP contribution in [0.2, 0.25) is 0 Å². The minimum Gasteiger partial charge on any atom is -0.507 e. The molecule has 12 nitrogen and oxygen atoms in total. The van der Waals surface area contributed by atoms with Crippen LogP contribution in [0, 0.1) is 0 Å². The first-order chi connectivity index (χ1) is 15.1. The predicted octanol–water partition coefficient (Wildman–Crippen LogP) is -0.588. The Hall–Kier alpha value is -2.94. The first-order valence-electron chi connectivity index (χ1n) is 9.62. The molecular formula is C19H23N6O6S+. The van der Waals surface area contributed by atoms with E-state index in [9.17, 15) is 23.7 Å². The van der Waals surface area contributed by atoms with Crippen molar-refractivity contribution in [1.82, 2.24) is 19.2 Å². The molecule has 0 aliphatic carbocycles. The highest BCUT2D eigenvalue weighted by atomic mass is 32.2. The summed E-state index contributed by atoms with van der Waals surface area (Å²) in [6.07, 6.45) is -0.769. The lowest BCUT2D eigenvalue weighted by Gasteiger charge is -2.31. The minimum atomic E-state index is -3.91. The molecule has 170 valence electrons. The van der Waals surface area contributed by atoms with E-state index in [4.69, 9.17) is 10.5 Å². The van der Waals surface area contributed by atoms with E-state index in [-0.39, 0.29) is 22.6 Å². The standard InChI is InChI=1S/C19H22N6O6S/c1-25(10-23-14-17(20)21-9-22-18(14)25)19-16(28)15(27)13(31-19)8-24-32(29,30)7-6-11-4-2-3-5-12(11)26/h2-7,9-10,13,15-16,19,24,27-28H,8H2,1H3,(H2-,20,21,22,26)/p+1/b7-6+/t13-,15+,16?,19-,25?/m1/s1. The van der Waals surface area contributed by atoms with Crippen molar-refractivity contribution < 1.29 is 28.5 Å². The van der Waals surface area contributed by atoms with Crippen LogP contribution in [0.25, 0.3) is 6.08 Å². The summed E-state index contributed by atoms with van der Waals surface area (Å²) in [6.45, 7) is -0.294. The van der Waals surface area contributed by atoms with Crippen LogP contribution in [0.3, 0.4) is 0 Å². The van der Waals surface area contributed by atoms with Gasteiger partial charge in [0, 0.05) is 17.5 Å². The van der Waals surface area contributed by atoms with Gasteiger partial charge in [0.15, 0.2) is 23.9 Å². The average molecular weight is 463 g/mol. The number of fused-ring (bicyclic) bond motifs is 1. The van der Waals surface area contributed by atoms with Crippen LogP contribution in [0.1, 0.15) is 5.56 Å². The number of aromatic nitrogens is 2. The number of benzene rings is 1. The Labute approximate surface area is 184 Å². The molecule has 0 amide bonds. The molecular weight excluding hydrogens is 440 g/mol. The van der Waals surface area contributed by atoms with Crippen molar-refractivity contribution in [2.24, 2.45) is 4.99 Å². The second-order valence-corrected chi connectivity index (χ2v) is 9.28. The van der Waals surface area contributed by atoms with E-state index in [1.807, 2.05) is 0 Å². The molecule has 0 bridgehead atoms. The summed E-state index contributed by atoms with van der Waals surface area (Å²) >= 11 is 0. The van der Waals surface area contributed by atoms with Crippen LogP contribution < -0.4 is 14.9 Å². The average Bonchev–Trinajstić information content (AvgIpc) is 3.25. The number of ether oxygens (including phenoxy) is 1. The summed E-state index contributed by atoms with van der Waals surface area (Å²) in [5.74, 6) is 0.496. The van der Waals surface area contributed by atoms with Gasteiger partial charge in [0.25, 0.3) is 5.82 Å². The molecule has 1 aromatic heterocycles. The van der Waals surface area contributed by atoms with Crippen LogP contribution in [-0.2, 0) is 14.8 Å². The fraction of sp³-hybridized carbons (Fsp3) is 0.316. The molecule has 1 fully saturated rings. The van der Waals surface area contributed by atoms with Gasteiger partial charge in [-0.05, 0) is 12.1 Å². The number of aliphatic imine (C=N–C) groups is 1. The summed E-state index contributed by atoms with van der Waals surface area (Å²) in [6, 6.07) is 6.27. The van der Waals surface area contributed by atoms with Crippen LogP contribution in [0.5, 0.6) is 5.75 Å². The second kappa shape index (κ2) is 8.20. The molecule has 0 radical (unpaired) electrons. The highest BCUT2D eigenvalue weighted by Gasteiger charge is 2.55. The van der Waals surface area contributed by atoms with Crippen molar-refractivity contribution in [2.75, 3.05) is 19.3 Å². The third-order valence-corrected chi connectivity index (χ3v) is 6.49. The number of likely N-dealkylation sites (N-methyl/N-ethyl adjacent to an activating group) is 1. The van der Waals surface area contributed by atoms with Gasteiger partial charge < -0.3 is 25.8 Å². The number of para-hydroxylation sites is 1. The van der Waals surface area contributed by atoms with Crippen molar-refractivity contribution in [3.63, 3.8) is 0 Å². The summed E-state index contributed by atoms with van der Waals surface area (Å²) in [5.41, 5.74) is 6.51. The molecule has 0 saturated carbocycles. The summed E-state index contributed by atoms with van der Waals surface area (Å²) in [4.78, 5) is 12.3. The molecule has 13 heteroatoms. The number of aromatic hydroxyl groups is 1. The van der Waals surface area contributed by atoms with Gasteiger partial charge in [-0.2, -0.15) is 9.98 Å². The summed E-state index contributed by atoms with van der Waals surface area (Å²) in [5, 5.41) is 31.7. The molecule has 6 N–H and O–H groups in total. The van der Waals surface area contributed by atoms with E-state index >= 15 is 0 Å². The van der Waals surface area contributed by atoms with E-state index in [0.29, 0.717) is 17.1 Å². The Morgan fingerprint density at radius 3 is 2.75 bits per heavy atom. The Kier molecular flexibility index (Phi) is 5.70. The van der Waals surface area contributed by atoms with Crippen LogP contribution in [-0.4, -0.2) is 78.2 Å². The molecule has 1 saturated heterocycles. The molecule has 3 heterocycles. The number of nitrogens with two attached hydrogens (primary N) is 1. The van der Waals surface area contributed by atoms with Crippen molar-refractivity contribution in [2.45, 2.75) is 24.5 Å². The van der Waals surface area contributed by atoms with E-state index in [1.54, 1.807) is 25.2 Å². The lowest BCUT2D eigenvalue weighted by molar-refractivity contribution is -0.0453. The first-order valence-corrected chi connectivity index (χ1v) is 11.2. The largest absolute Gasteiger partial charge is 0.507 e. The number of aliphatic hydroxyl groups is 2. The van der Waals surface area contributed by atoms with Crippen LogP contribution in [0.4, 0.5) is 17.3 Å². The predicted molar refractivity (Wildman–Crippen MR) is 117 cm³/mol. The second-order valence-electron chi connectivity index (χ2n) is 7.62. The molecule has 5 atom stereocenters. The van der Waals surface area contributed by atoms with Crippen molar-refractivity contribution >= 4 is 39.8 Å². The van der Waals surface area contributed by atoms with Gasteiger partial charge in [-0.25, -0.2) is 22.6 Å². The minimum absolute atomic E-state index is 0.0616. The molecule has 2 aromatic rings. The first kappa shape index (κ1) is 22.3. The molecule has 2 aliphatic rings. The molecule has 4 rings (SSSR count). The number of nitrogens with one attached hydrogen (secondary N) is 1. The number of rotatable bonds is 6. The Morgan fingerprint density at radius 2 is 2.00 bits per heavy atom. The fourth-order valence-electron chi connectivity index (χ4n) is 3.66. The molecule has 32 heavy (non-hydrogen) atoms. The van der Waals surface area contributed by atoms with E-state index in [1.165, 1.54) is 24.8 Å². The highest BCUT2D eigenvalue weighted by Crippen LogP contribution is 2.42. The monoisotopic (exact) mass is 463 g/mol.